The lowest BCUT2D eigenvalue weighted by Gasteiger charge is -2.16. The molecule has 120 valence electrons. The summed E-state index contributed by atoms with van der Waals surface area (Å²) in [5, 5.41) is 10.9. The topological polar surface area (TPSA) is 124 Å². The van der Waals surface area contributed by atoms with Crippen LogP contribution in [0.15, 0.2) is 17.1 Å². The number of nitrogens with zero attached hydrogens (tertiary/aromatic N) is 2. The lowest BCUT2D eigenvalue weighted by molar-refractivity contribution is 0.0967. The van der Waals surface area contributed by atoms with Crippen LogP contribution in [0.3, 0.4) is 0 Å². The van der Waals surface area contributed by atoms with Crippen molar-refractivity contribution in [2.75, 3.05) is 0 Å². The fraction of sp³-hybridized carbons (Fsp3) is 0.267. The first-order valence-electron chi connectivity index (χ1n) is 7.12. The van der Waals surface area contributed by atoms with Gasteiger partial charge in [0.1, 0.15) is 11.4 Å². The summed E-state index contributed by atoms with van der Waals surface area (Å²) in [7, 11) is 0. The summed E-state index contributed by atoms with van der Waals surface area (Å²) in [4.78, 5) is 28.2. The van der Waals surface area contributed by atoms with Gasteiger partial charge in [0.25, 0.3) is 5.91 Å². The zero-order chi connectivity index (χ0) is 16.7. The van der Waals surface area contributed by atoms with Gasteiger partial charge in [-0.3, -0.25) is 9.59 Å². The number of carbonyl (C=O) groups excluding carboxylic acids is 2. The second kappa shape index (κ2) is 5.58. The van der Waals surface area contributed by atoms with Crippen molar-refractivity contribution in [3.05, 3.63) is 28.4 Å². The fourth-order valence-corrected chi connectivity index (χ4v) is 3.18. The van der Waals surface area contributed by atoms with E-state index in [4.69, 9.17) is 23.1 Å². The quantitative estimate of drug-likeness (QED) is 0.541. The lowest BCUT2D eigenvalue weighted by atomic mass is 10.00. The zero-order valence-corrected chi connectivity index (χ0v) is 12.9. The number of ketones is 1. The number of rotatable bonds is 1. The number of carbonyl (C=O) groups is 2. The molecule has 1 aromatic carbocycles. The predicted octanol–water partition coefficient (Wildman–Crippen LogP) is 1.78. The van der Waals surface area contributed by atoms with Crippen molar-refractivity contribution >= 4 is 40.2 Å². The second-order valence-corrected chi connectivity index (χ2v) is 5.83. The average Bonchev–Trinajstić information content (AvgIpc) is 2.80. The van der Waals surface area contributed by atoms with Gasteiger partial charge in [-0.25, -0.2) is 0 Å². The van der Waals surface area contributed by atoms with Crippen LogP contribution in [0.1, 0.15) is 40.1 Å². The molecule has 0 unspecified atom stereocenters. The molecule has 2 aromatic rings. The number of phenolic OH excluding ortho intramolecular Hbond substituents is 1. The van der Waals surface area contributed by atoms with Gasteiger partial charge in [-0.05, 0) is 18.9 Å². The molecular weight excluding hydrogens is 320 g/mol. The van der Waals surface area contributed by atoms with E-state index < -0.39 is 5.91 Å². The predicted molar refractivity (Wildman–Crippen MR) is 86.9 cm³/mol. The number of phenols is 1. The van der Waals surface area contributed by atoms with Crippen LogP contribution in [-0.2, 0) is 6.54 Å². The second-order valence-electron chi connectivity index (χ2n) is 5.42. The third kappa shape index (κ3) is 2.53. The van der Waals surface area contributed by atoms with E-state index in [0.717, 1.165) is 0 Å². The number of aromatic nitrogens is 1. The Hall–Kier alpha value is -2.54. The van der Waals surface area contributed by atoms with E-state index >= 15 is 0 Å². The Morgan fingerprint density at radius 2 is 2.04 bits per heavy atom. The van der Waals surface area contributed by atoms with E-state index in [0.29, 0.717) is 36.7 Å². The van der Waals surface area contributed by atoms with Gasteiger partial charge in [-0.2, -0.15) is 4.99 Å². The number of halogens is 1. The highest BCUT2D eigenvalue weighted by Gasteiger charge is 2.26. The van der Waals surface area contributed by atoms with Crippen LogP contribution in [0.25, 0.3) is 10.9 Å². The maximum Gasteiger partial charge on any atom is 0.296 e. The van der Waals surface area contributed by atoms with Gasteiger partial charge in [0, 0.05) is 24.4 Å². The first-order chi connectivity index (χ1) is 10.9. The van der Waals surface area contributed by atoms with E-state index in [9.17, 15) is 14.7 Å². The van der Waals surface area contributed by atoms with Gasteiger partial charge in [0.15, 0.2) is 11.7 Å². The molecule has 1 aliphatic rings. The van der Waals surface area contributed by atoms with Gasteiger partial charge < -0.3 is 21.1 Å². The molecule has 1 amide bonds. The number of aromatic hydroxyl groups is 1. The number of benzene rings is 1. The summed E-state index contributed by atoms with van der Waals surface area (Å²) in [6.45, 7) is 0.505. The molecule has 2 heterocycles. The molecule has 1 aromatic heterocycles. The Labute approximate surface area is 136 Å². The van der Waals surface area contributed by atoms with Gasteiger partial charge in [-0.1, -0.05) is 11.6 Å². The number of hydrogen-bond donors (Lipinski definition) is 3. The van der Waals surface area contributed by atoms with Gasteiger partial charge in [0.05, 0.1) is 16.1 Å². The molecule has 5 N–H and O–H groups in total. The summed E-state index contributed by atoms with van der Waals surface area (Å²) in [6.07, 6.45) is 1.72. The summed E-state index contributed by atoms with van der Waals surface area (Å²) < 4.78 is 1.65. The molecule has 0 radical (unpaired) electrons. The maximum absolute atomic E-state index is 12.4. The monoisotopic (exact) mass is 334 g/mol. The van der Waals surface area contributed by atoms with Crippen LogP contribution in [-0.4, -0.2) is 27.3 Å². The Balaban J connectivity index is 2.38. The molecule has 3 rings (SSSR count). The number of Topliss-reactive ketones (excluding diaryl/α,β-unsaturated/α-hetero) is 1. The highest BCUT2D eigenvalue weighted by molar-refractivity contribution is 6.36. The smallest absolute Gasteiger partial charge is 0.296 e. The van der Waals surface area contributed by atoms with E-state index in [2.05, 4.69) is 4.99 Å². The van der Waals surface area contributed by atoms with Crippen molar-refractivity contribution in [2.24, 2.45) is 16.5 Å². The molecule has 7 nitrogen and oxygen atoms in total. The molecule has 0 atom stereocenters. The standard InChI is InChI=1S/C15H15ClN4O3/c16-8-6-11(22)12-10(21)3-1-2-4-20-9(5-7(8)13(12)20)14(23)19-15(17)18/h5-6,22H,1-4H2,(H4,17,18,19,23). The number of aliphatic imine (C=N–C) groups is 1. The molecule has 0 spiro atoms. The Morgan fingerprint density at radius 1 is 1.30 bits per heavy atom. The van der Waals surface area contributed by atoms with Crippen molar-refractivity contribution in [3.63, 3.8) is 0 Å². The normalized spacial score (nSPS) is 14.4. The third-order valence-corrected chi connectivity index (χ3v) is 4.19. The number of nitrogens with two attached hydrogens (primary N) is 2. The minimum Gasteiger partial charge on any atom is -0.507 e. The van der Waals surface area contributed by atoms with Crippen molar-refractivity contribution in [1.82, 2.24) is 4.57 Å². The van der Waals surface area contributed by atoms with Crippen molar-refractivity contribution in [1.29, 1.82) is 0 Å². The summed E-state index contributed by atoms with van der Waals surface area (Å²) in [5.41, 5.74) is 11.4. The highest BCUT2D eigenvalue weighted by atomic mass is 35.5. The lowest BCUT2D eigenvalue weighted by Crippen LogP contribution is -2.25. The molecule has 23 heavy (non-hydrogen) atoms. The largest absolute Gasteiger partial charge is 0.507 e. The highest BCUT2D eigenvalue weighted by Crippen LogP contribution is 2.38. The number of amides is 1. The number of guanidine groups is 1. The van der Waals surface area contributed by atoms with Crippen molar-refractivity contribution in [2.45, 2.75) is 25.8 Å². The molecule has 0 saturated carbocycles. The molecule has 0 fully saturated rings. The van der Waals surface area contributed by atoms with E-state index in [-0.39, 0.29) is 33.8 Å². The van der Waals surface area contributed by atoms with Crippen LogP contribution < -0.4 is 11.5 Å². The van der Waals surface area contributed by atoms with E-state index in [1.165, 1.54) is 6.07 Å². The first-order valence-corrected chi connectivity index (χ1v) is 7.50. The summed E-state index contributed by atoms with van der Waals surface area (Å²) >= 11 is 6.17. The molecule has 0 aliphatic carbocycles. The van der Waals surface area contributed by atoms with Crippen LogP contribution in [0, 0.1) is 0 Å². The van der Waals surface area contributed by atoms with Gasteiger partial charge in [0.2, 0.25) is 0 Å². The first kappa shape index (κ1) is 15.4. The SMILES string of the molecule is NC(N)=NC(=O)c1cc2c(Cl)cc(O)c3c2n1CCCCC3=O. The van der Waals surface area contributed by atoms with Crippen LogP contribution in [0.5, 0.6) is 5.75 Å². The Bertz CT molecular complexity index is 865. The summed E-state index contributed by atoms with van der Waals surface area (Å²) in [6, 6.07) is 2.87. The van der Waals surface area contributed by atoms with E-state index in [1.807, 2.05) is 0 Å². The average molecular weight is 335 g/mol. The maximum atomic E-state index is 12.4. The fourth-order valence-electron chi connectivity index (χ4n) is 2.93. The Morgan fingerprint density at radius 3 is 2.74 bits per heavy atom. The van der Waals surface area contributed by atoms with Crippen LogP contribution in [0.4, 0.5) is 0 Å². The minimum atomic E-state index is -0.615. The molecular formula is C15H15ClN4O3. The van der Waals surface area contributed by atoms with Crippen molar-refractivity contribution in [3.8, 4) is 5.75 Å². The van der Waals surface area contributed by atoms with Crippen LogP contribution in [0.2, 0.25) is 5.02 Å². The zero-order valence-electron chi connectivity index (χ0n) is 12.2. The Kier molecular flexibility index (Phi) is 3.73. The molecule has 1 aliphatic heterocycles. The van der Waals surface area contributed by atoms with Crippen LogP contribution >= 0.6 is 11.6 Å². The molecule has 8 heteroatoms. The number of aryl methyl sites for hydroxylation is 1. The van der Waals surface area contributed by atoms with E-state index in [1.54, 1.807) is 10.6 Å². The molecule has 0 saturated heterocycles. The van der Waals surface area contributed by atoms with Gasteiger partial charge >= 0.3 is 0 Å². The number of hydrogen-bond acceptors (Lipinski definition) is 3. The third-order valence-electron chi connectivity index (χ3n) is 3.87. The minimum absolute atomic E-state index is 0.177. The van der Waals surface area contributed by atoms with Crippen molar-refractivity contribution < 1.29 is 14.7 Å². The molecule has 0 bridgehead atoms. The van der Waals surface area contributed by atoms with Gasteiger partial charge in [-0.15, -0.1) is 0 Å². The summed E-state index contributed by atoms with van der Waals surface area (Å²) in [5.74, 6) is -1.32.